The van der Waals surface area contributed by atoms with Crippen molar-refractivity contribution in [2.24, 2.45) is 0 Å². The number of aliphatic hydroxyl groups is 1. The van der Waals surface area contributed by atoms with Crippen LogP contribution in [-0.2, 0) is 11.2 Å². The molecule has 2 aliphatic heterocycles. The number of carbonyl (C=O) groups excluding carboxylic acids is 2. The summed E-state index contributed by atoms with van der Waals surface area (Å²) in [5.74, 6) is -0.0253. The summed E-state index contributed by atoms with van der Waals surface area (Å²) in [5, 5.41) is 14.2. The number of ether oxygens (including phenoxy) is 1. The van der Waals surface area contributed by atoms with Gasteiger partial charge in [-0.3, -0.25) is 9.69 Å². The molecule has 3 amide bonds. The van der Waals surface area contributed by atoms with E-state index in [1.165, 1.54) is 0 Å². The van der Waals surface area contributed by atoms with Crippen LogP contribution in [0, 0.1) is 0 Å². The number of aliphatic hydroxyl groups excluding tert-OH is 1. The van der Waals surface area contributed by atoms with Crippen LogP contribution in [0.15, 0.2) is 30.3 Å². The lowest BCUT2D eigenvalue weighted by Crippen LogP contribution is -2.40. The number of β-amino-alcohol motifs (C(OH)–C–C–N with tert-alkyl or cyclic N) is 1. The highest BCUT2D eigenvalue weighted by molar-refractivity contribution is 6.35. The molecule has 180 valence electrons. The van der Waals surface area contributed by atoms with Gasteiger partial charge in [0.05, 0.1) is 22.9 Å². The van der Waals surface area contributed by atoms with Crippen LogP contribution in [0.2, 0.25) is 15.1 Å². The first kappa shape index (κ1) is 23.7. The second kappa shape index (κ2) is 8.57. The van der Waals surface area contributed by atoms with E-state index in [9.17, 15) is 14.7 Å². The van der Waals surface area contributed by atoms with Gasteiger partial charge in [-0.2, -0.15) is 0 Å². The van der Waals surface area contributed by atoms with Crippen molar-refractivity contribution in [1.29, 1.82) is 0 Å². The lowest BCUT2D eigenvalue weighted by atomic mass is 10.1. The van der Waals surface area contributed by atoms with Gasteiger partial charge in [0.2, 0.25) is 0 Å². The third kappa shape index (κ3) is 4.03. The minimum atomic E-state index is -1.00. The van der Waals surface area contributed by atoms with Gasteiger partial charge in [-0.25, -0.2) is 9.69 Å². The molecule has 0 bridgehead atoms. The molecule has 7 nitrogen and oxygen atoms in total. The van der Waals surface area contributed by atoms with Gasteiger partial charge in [0.25, 0.3) is 5.91 Å². The average molecular weight is 525 g/mol. The van der Waals surface area contributed by atoms with Gasteiger partial charge in [0.1, 0.15) is 17.4 Å². The highest BCUT2D eigenvalue weighted by atomic mass is 35.5. The fourth-order valence-corrected chi connectivity index (χ4v) is 5.74. The zero-order valence-electron chi connectivity index (χ0n) is 18.6. The van der Waals surface area contributed by atoms with Crippen molar-refractivity contribution < 1.29 is 19.4 Å². The van der Waals surface area contributed by atoms with Gasteiger partial charge >= 0.3 is 6.03 Å². The number of anilines is 1. The maximum atomic E-state index is 12.8. The molecule has 0 radical (unpaired) electrons. The highest BCUT2D eigenvalue weighted by Crippen LogP contribution is 2.45. The summed E-state index contributed by atoms with van der Waals surface area (Å²) >= 11 is 19.3. The lowest BCUT2D eigenvalue weighted by molar-refractivity contribution is -0.121. The van der Waals surface area contributed by atoms with E-state index in [0.29, 0.717) is 45.9 Å². The molecule has 34 heavy (non-hydrogen) atoms. The molecule has 3 atom stereocenters. The number of benzene rings is 2. The average Bonchev–Trinajstić information content (AvgIpc) is 3.39. The molecule has 1 aliphatic carbocycles. The van der Waals surface area contributed by atoms with Crippen LogP contribution in [0.4, 0.5) is 10.5 Å². The molecule has 2 heterocycles. The van der Waals surface area contributed by atoms with E-state index in [1.54, 1.807) is 38.1 Å². The molecule has 2 N–H and O–H groups in total. The molecule has 0 spiro atoms. The summed E-state index contributed by atoms with van der Waals surface area (Å²) in [6, 6.07) is 7.79. The number of likely N-dealkylation sites (tertiary alicyclic amines) is 1. The predicted octanol–water partition coefficient (Wildman–Crippen LogP) is 4.59. The van der Waals surface area contributed by atoms with Gasteiger partial charge < -0.3 is 15.2 Å². The number of hydrogen-bond acceptors (Lipinski definition) is 5. The van der Waals surface area contributed by atoms with E-state index in [-0.39, 0.29) is 11.9 Å². The molecule has 2 aromatic rings. The van der Waals surface area contributed by atoms with Crippen molar-refractivity contribution >= 4 is 52.4 Å². The van der Waals surface area contributed by atoms with E-state index >= 15 is 0 Å². The second-order valence-electron chi connectivity index (χ2n) is 9.51. The smallest absolute Gasteiger partial charge is 0.329 e. The monoisotopic (exact) mass is 523 g/mol. The zero-order valence-corrected chi connectivity index (χ0v) is 20.9. The highest BCUT2D eigenvalue weighted by Gasteiger charge is 2.46. The number of imide groups is 1. The summed E-state index contributed by atoms with van der Waals surface area (Å²) in [6.07, 6.45) is 0.482. The Morgan fingerprint density at radius 3 is 2.53 bits per heavy atom. The van der Waals surface area contributed by atoms with Crippen molar-refractivity contribution in [3.8, 4) is 5.75 Å². The topological polar surface area (TPSA) is 82.1 Å². The number of halogens is 3. The van der Waals surface area contributed by atoms with Crippen molar-refractivity contribution in [1.82, 2.24) is 10.2 Å². The number of nitrogens with zero attached hydrogens (tertiary/aromatic N) is 2. The zero-order chi connectivity index (χ0) is 24.4. The van der Waals surface area contributed by atoms with Crippen LogP contribution in [-0.4, -0.2) is 52.7 Å². The Morgan fingerprint density at radius 2 is 1.88 bits per heavy atom. The first-order valence-corrected chi connectivity index (χ1v) is 12.2. The van der Waals surface area contributed by atoms with E-state index < -0.39 is 23.8 Å². The summed E-state index contributed by atoms with van der Waals surface area (Å²) in [5.41, 5.74) is 1.17. The number of hydrogen-bond donors (Lipinski definition) is 2. The van der Waals surface area contributed by atoms with E-state index in [4.69, 9.17) is 39.5 Å². The van der Waals surface area contributed by atoms with Gasteiger partial charge in [0, 0.05) is 34.8 Å². The van der Waals surface area contributed by atoms with E-state index in [1.807, 2.05) is 6.07 Å². The fourth-order valence-electron chi connectivity index (χ4n) is 4.99. The summed E-state index contributed by atoms with van der Waals surface area (Å²) in [6.45, 7) is 4.57. The Morgan fingerprint density at radius 1 is 1.12 bits per heavy atom. The summed E-state index contributed by atoms with van der Waals surface area (Å²) in [7, 11) is 0. The Kier molecular flexibility index (Phi) is 5.97. The van der Waals surface area contributed by atoms with Crippen LogP contribution < -0.4 is 15.0 Å². The number of fused-ring (bicyclic) bond motifs is 1. The predicted molar refractivity (Wildman–Crippen MR) is 131 cm³/mol. The number of urea groups is 1. The van der Waals surface area contributed by atoms with Crippen LogP contribution in [0.5, 0.6) is 5.75 Å². The molecule has 3 aliphatic rings. The Balaban J connectivity index is 1.52. The minimum absolute atomic E-state index is 0.0847. The minimum Gasteiger partial charge on any atom is -0.482 e. The quantitative estimate of drug-likeness (QED) is 0.572. The molecule has 5 rings (SSSR count). The van der Waals surface area contributed by atoms with Crippen LogP contribution in [0.1, 0.15) is 37.5 Å². The Labute approximate surface area is 212 Å². The molecule has 2 aromatic carbocycles. The van der Waals surface area contributed by atoms with Gasteiger partial charge in [-0.15, -0.1) is 0 Å². The molecular formula is C24H24Cl3N3O4. The fraction of sp³-hybridized carbons (Fsp3) is 0.417. The first-order chi connectivity index (χ1) is 16.0. The molecule has 2 fully saturated rings. The van der Waals surface area contributed by atoms with Crippen LogP contribution in [0.3, 0.4) is 0 Å². The van der Waals surface area contributed by atoms with Crippen LogP contribution >= 0.6 is 34.8 Å². The number of rotatable bonds is 4. The third-order valence-corrected chi connectivity index (χ3v) is 7.58. The van der Waals surface area contributed by atoms with Gasteiger partial charge in [0.15, 0.2) is 0 Å². The standard InChI is InChI=1S/C24H24Cl3N3O4/c1-24(2)22(32)30(23(33)28-24)13-3-4-17(26)20(9-13)34-21-16-7-12(25)8-18(27)15(16)10-19(21)29-6-5-14(31)11-29/h3-4,7-9,14,19,21,31H,5-6,10-11H2,1-2H3,(H,28,33)/t14-,19+,21+/m1/s1. The molecule has 0 aromatic heterocycles. The van der Waals surface area contributed by atoms with Crippen molar-refractivity contribution in [2.75, 3.05) is 18.0 Å². The lowest BCUT2D eigenvalue weighted by Gasteiger charge is -2.30. The molecule has 0 unspecified atom stereocenters. The maximum absolute atomic E-state index is 12.8. The maximum Gasteiger partial charge on any atom is 0.329 e. The number of amides is 3. The van der Waals surface area contributed by atoms with Crippen molar-refractivity contribution in [3.63, 3.8) is 0 Å². The number of nitrogens with one attached hydrogen (secondary N) is 1. The molecule has 2 saturated heterocycles. The number of carbonyl (C=O) groups is 2. The van der Waals surface area contributed by atoms with Crippen LogP contribution in [0.25, 0.3) is 0 Å². The second-order valence-corrected chi connectivity index (χ2v) is 10.8. The van der Waals surface area contributed by atoms with Gasteiger partial charge in [-0.05, 0) is 56.5 Å². The first-order valence-electron chi connectivity index (χ1n) is 11.1. The van der Waals surface area contributed by atoms with Crippen molar-refractivity contribution in [2.45, 2.75) is 50.5 Å². The summed E-state index contributed by atoms with van der Waals surface area (Å²) < 4.78 is 6.48. The van der Waals surface area contributed by atoms with E-state index in [0.717, 1.165) is 22.6 Å². The normalized spacial score (nSPS) is 26.2. The molecule has 0 saturated carbocycles. The Bertz CT molecular complexity index is 1190. The molecular weight excluding hydrogens is 501 g/mol. The Hall–Kier alpha value is -2.03. The van der Waals surface area contributed by atoms with Gasteiger partial charge in [-0.1, -0.05) is 34.8 Å². The largest absolute Gasteiger partial charge is 0.482 e. The van der Waals surface area contributed by atoms with Crippen molar-refractivity contribution in [3.05, 3.63) is 56.5 Å². The third-order valence-electron chi connectivity index (χ3n) is 6.72. The molecule has 10 heteroatoms. The SMILES string of the molecule is CC1(C)NC(=O)N(c2ccc(Cl)c(O[C@H]3c4cc(Cl)cc(Cl)c4C[C@@H]3N3CC[C@@H](O)C3)c2)C1=O. The summed E-state index contributed by atoms with van der Waals surface area (Å²) in [4.78, 5) is 28.6. The van der Waals surface area contributed by atoms with E-state index in [2.05, 4.69) is 10.2 Å².